The number of hydrogen-bond donors (Lipinski definition) is 1. The molecule has 0 radical (unpaired) electrons. The van der Waals surface area contributed by atoms with Crippen LogP contribution in [0.3, 0.4) is 0 Å². The third-order valence-electron chi connectivity index (χ3n) is 3.92. The zero-order valence-electron chi connectivity index (χ0n) is 14.5. The van der Waals surface area contributed by atoms with E-state index in [4.69, 9.17) is 9.47 Å². The minimum Gasteiger partial charge on any atom is -0.448 e. The van der Waals surface area contributed by atoms with E-state index >= 15 is 0 Å². The molecule has 1 aliphatic rings. The molecule has 1 aromatic rings. The zero-order chi connectivity index (χ0) is 16.3. The summed E-state index contributed by atoms with van der Waals surface area (Å²) >= 11 is 0. The van der Waals surface area contributed by atoms with Crippen LogP contribution >= 0.6 is 12.4 Å². The molecule has 5 nitrogen and oxygen atoms in total. The maximum absolute atomic E-state index is 11.8. The van der Waals surface area contributed by atoms with Gasteiger partial charge < -0.3 is 9.47 Å². The zero-order valence-corrected chi connectivity index (χ0v) is 15.3. The fraction of sp³-hybridized carbons (Fsp3) is 0.611. The second-order valence-electron chi connectivity index (χ2n) is 5.92. The molecule has 0 aromatic heterocycles. The second-order valence-corrected chi connectivity index (χ2v) is 5.92. The molecule has 0 aliphatic carbocycles. The van der Waals surface area contributed by atoms with Gasteiger partial charge in [-0.2, -0.15) is 0 Å². The molecular formula is C18H29ClN2O3. The van der Waals surface area contributed by atoms with Gasteiger partial charge in [-0.05, 0) is 50.0 Å². The van der Waals surface area contributed by atoms with Crippen molar-refractivity contribution < 1.29 is 14.3 Å². The van der Waals surface area contributed by atoms with Gasteiger partial charge in [0.15, 0.2) is 0 Å². The number of nitrogens with zero attached hydrogens (tertiary/aromatic N) is 1. The summed E-state index contributed by atoms with van der Waals surface area (Å²) in [5.41, 5.74) is 1.80. The number of likely N-dealkylation sites (tertiary alicyclic amines) is 1. The highest BCUT2D eigenvalue weighted by Crippen LogP contribution is 2.12. The smallest absolute Gasteiger partial charge is 0.411 e. The van der Waals surface area contributed by atoms with Gasteiger partial charge in [0.05, 0.1) is 6.61 Å². The molecule has 1 saturated heterocycles. The highest BCUT2D eigenvalue weighted by molar-refractivity contribution is 5.85. The van der Waals surface area contributed by atoms with Gasteiger partial charge in [-0.3, -0.25) is 10.2 Å². The largest absolute Gasteiger partial charge is 0.448 e. The summed E-state index contributed by atoms with van der Waals surface area (Å²) in [6, 6.07) is 7.69. The predicted molar refractivity (Wildman–Crippen MR) is 98.9 cm³/mol. The van der Waals surface area contributed by atoms with Gasteiger partial charge in [0.1, 0.15) is 6.61 Å². The SMILES string of the molecule is CCCCOCc1cccc(NC(=O)OCCN2CCCC2)c1.Cl. The second kappa shape index (κ2) is 12.1. The lowest BCUT2D eigenvalue weighted by Crippen LogP contribution is -2.26. The minimum atomic E-state index is -0.395. The van der Waals surface area contributed by atoms with Crippen molar-refractivity contribution in [1.82, 2.24) is 4.90 Å². The molecule has 0 spiro atoms. The molecule has 1 heterocycles. The van der Waals surface area contributed by atoms with Crippen molar-refractivity contribution in [2.75, 3.05) is 38.2 Å². The molecule has 0 saturated carbocycles. The summed E-state index contributed by atoms with van der Waals surface area (Å²) in [6.07, 6.45) is 4.30. The van der Waals surface area contributed by atoms with Gasteiger partial charge in [0.25, 0.3) is 0 Å². The lowest BCUT2D eigenvalue weighted by Gasteiger charge is -2.14. The van der Waals surface area contributed by atoms with Crippen LogP contribution in [0.4, 0.5) is 10.5 Å². The number of ether oxygens (including phenoxy) is 2. The fourth-order valence-electron chi connectivity index (χ4n) is 2.60. The van der Waals surface area contributed by atoms with E-state index in [1.54, 1.807) is 0 Å². The molecule has 6 heteroatoms. The normalized spacial score (nSPS) is 14.2. The maximum Gasteiger partial charge on any atom is 0.411 e. The van der Waals surface area contributed by atoms with E-state index in [0.29, 0.717) is 13.2 Å². The Morgan fingerprint density at radius 1 is 1.25 bits per heavy atom. The number of halogens is 1. The Balaban J connectivity index is 0.00000288. The third kappa shape index (κ3) is 7.99. The van der Waals surface area contributed by atoms with Gasteiger partial charge in [-0.15, -0.1) is 12.4 Å². The summed E-state index contributed by atoms with van der Waals surface area (Å²) in [6.45, 7) is 6.97. The minimum absolute atomic E-state index is 0. The molecule has 2 rings (SSSR count). The lowest BCUT2D eigenvalue weighted by molar-refractivity contribution is 0.118. The number of carbonyl (C=O) groups excluding carboxylic acids is 1. The van der Waals surface area contributed by atoms with Crippen LogP contribution < -0.4 is 5.32 Å². The van der Waals surface area contributed by atoms with Crippen molar-refractivity contribution >= 4 is 24.2 Å². The number of rotatable bonds is 9. The van der Waals surface area contributed by atoms with Crippen molar-refractivity contribution in [2.24, 2.45) is 0 Å². The summed E-state index contributed by atoms with van der Waals surface area (Å²) in [5, 5.41) is 2.77. The Hall–Kier alpha value is -1.30. The fourth-order valence-corrected chi connectivity index (χ4v) is 2.60. The van der Waals surface area contributed by atoms with Crippen LogP contribution in [0.15, 0.2) is 24.3 Å². The number of amides is 1. The molecule has 1 amide bonds. The topological polar surface area (TPSA) is 50.8 Å². The van der Waals surface area contributed by atoms with E-state index in [-0.39, 0.29) is 12.4 Å². The first-order chi connectivity index (χ1) is 11.3. The van der Waals surface area contributed by atoms with Crippen LogP contribution in [0, 0.1) is 0 Å². The van der Waals surface area contributed by atoms with Crippen LogP contribution in [0.5, 0.6) is 0 Å². The van der Waals surface area contributed by atoms with Crippen LogP contribution in [0.25, 0.3) is 0 Å². The highest BCUT2D eigenvalue weighted by atomic mass is 35.5. The van der Waals surface area contributed by atoms with Gasteiger partial charge >= 0.3 is 6.09 Å². The first-order valence-corrected chi connectivity index (χ1v) is 8.60. The van der Waals surface area contributed by atoms with Gasteiger partial charge in [-0.25, -0.2) is 4.79 Å². The Bertz CT molecular complexity index is 479. The predicted octanol–water partition coefficient (Wildman–Crippen LogP) is 4.07. The first-order valence-electron chi connectivity index (χ1n) is 8.60. The van der Waals surface area contributed by atoms with E-state index in [1.165, 1.54) is 12.8 Å². The van der Waals surface area contributed by atoms with Crippen molar-refractivity contribution in [3.8, 4) is 0 Å². The van der Waals surface area contributed by atoms with Crippen LogP contribution in [0.1, 0.15) is 38.2 Å². The third-order valence-corrected chi connectivity index (χ3v) is 3.92. The quantitative estimate of drug-likeness (QED) is 0.677. The Kier molecular flexibility index (Phi) is 10.5. The molecule has 0 unspecified atom stereocenters. The maximum atomic E-state index is 11.8. The Labute approximate surface area is 151 Å². The van der Waals surface area contributed by atoms with Crippen LogP contribution in [-0.2, 0) is 16.1 Å². The van der Waals surface area contributed by atoms with Crippen molar-refractivity contribution in [2.45, 2.75) is 39.2 Å². The van der Waals surface area contributed by atoms with E-state index in [2.05, 4.69) is 17.1 Å². The van der Waals surface area contributed by atoms with E-state index in [1.807, 2.05) is 24.3 Å². The Morgan fingerprint density at radius 2 is 2.04 bits per heavy atom. The average Bonchev–Trinajstić information content (AvgIpc) is 3.05. The molecule has 1 fully saturated rings. The monoisotopic (exact) mass is 356 g/mol. The number of unbranched alkanes of at least 4 members (excludes halogenated alkanes) is 1. The number of anilines is 1. The van der Waals surface area contributed by atoms with Gasteiger partial charge in [0, 0.05) is 18.8 Å². The summed E-state index contributed by atoms with van der Waals surface area (Å²) in [7, 11) is 0. The van der Waals surface area contributed by atoms with E-state index < -0.39 is 6.09 Å². The van der Waals surface area contributed by atoms with Gasteiger partial charge in [0.2, 0.25) is 0 Å². The van der Waals surface area contributed by atoms with Crippen molar-refractivity contribution in [3.05, 3.63) is 29.8 Å². The summed E-state index contributed by atoms with van der Waals surface area (Å²) < 4.78 is 10.8. The molecule has 0 bridgehead atoms. The molecule has 136 valence electrons. The van der Waals surface area contributed by atoms with E-state index in [0.717, 1.165) is 50.3 Å². The molecule has 1 aliphatic heterocycles. The molecule has 24 heavy (non-hydrogen) atoms. The van der Waals surface area contributed by atoms with E-state index in [9.17, 15) is 4.79 Å². The number of hydrogen-bond acceptors (Lipinski definition) is 4. The van der Waals surface area contributed by atoms with Crippen LogP contribution in [0.2, 0.25) is 0 Å². The lowest BCUT2D eigenvalue weighted by atomic mass is 10.2. The number of nitrogens with one attached hydrogen (secondary N) is 1. The van der Waals surface area contributed by atoms with Crippen molar-refractivity contribution in [1.29, 1.82) is 0 Å². The number of carbonyl (C=O) groups is 1. The highest BCUT2D eigenvalue weighted by Gasteiger charge is 2.12. The van der Waals surface area contributed by atoms with Gasteiger partial charge in [-0.1, -0.05) is 25.5 Å². The summed E-state index contributed by atoms with van der Waals surface area (Å²) in [4.78, 5) is 14.1. The Morgan fingerprint density at radius 3 is 2.79 bits per heavy atom. The van der Waals surface area contributed by atoms with Crippen molar-refractivity contribution in [3.63, 3.8) is 0 Å². The standard InChI is InChI=1S/C18H28N2O3.ClH/c1-2-3-12-22-15-16-7-6-8-17(14-16)19-18(21)23-13-11-20-9-4-5-10-20;/h6-8,14H,2-5,9-13,15H2,1H3,(H,19,21);1H. The molecule has 1 N–H and O–H groups in total. The molecular weight excluding hydrogens is 328 g/mol. The molecule has 0 atom stereocenters. The summed E-state index contributed by atoms with van der Waals surface area (Å²) in [5.74, 6) is 0. The molecule has 1 aromatic carbocycles. The average molecular weight is 357 g/mol. The van der Waals surface area contributed by atoms with Crippen LogP contribution in [-0.4, -0.2) is 43.8 Å². The first kappa shape index (κ1) is 20.7. The number of benzene rings is 1.